The summed E-state index contributed by atoms with van der Waals surface area (Å²) in [5.41, 5.74) is 0. The van der Waals surface area contributed by atoms with Gasteiger partial charge in [0.25, 0.3) is 0 Å². The van der Waals surface area contributed by atoms with Crippen molar-refractivity contribution in [3.8, 4) is 0 Å². The molecule has 2 atom stereocenters. The van der Waals surface area contributed by atoms with Crippen LogP contribution in [0, 0.1) is 11.8 Å². The van der Waals surface area contributed by atoms with Gasteiger partial charge in [0.15, 0.2) is 0 Å². The predicted molar refractivity (Wildman–Crippen MR) is 71.2 cm³/mol. The van der Waals surface area contributed by atoms with E-state index < -0.39 is 0 Å². The Labute approximate surface area is 110 Å². The Morgan fingerprint density at radius 2 is 1.89 bits per heavy atom. The number of nitrogens with one attached hydrogen (secondary N) is 2. The van der Waals surface area contributed by atoms with Crippen LogP contribution in [0.5, 0.6) is 0 Å². The Kier molecular flexibility index (Phi) is 5.45. The lowest BCUT2D eigenvalue weighted by Gasteiger charge is -2.31. The maximum absolute atomic E-state index is 12.0. The van der Waals surface area contributed by atoms with Gasteiger partial charge in [-0.25, -0.2) is 0 Å². The average molecular weight is 254 g/mol. The average Bonchev–Trinajstić information content (AvgIpc) is 2.40. The van der Waals surface area contributed by atoms with Crippen LogP contribution >= 0.6 is 0 Å². The molecule has 0 aromatic heterocycles. The number of piperidine rings is 1. The molecule has 104 valence electrons. The molecule has 0 spiro atoms. The van der Waals surface area contributed by atoms with Crippen molar-refractivity contribution >= 4 is 5.91 Å². The van der Waals surface area contributed by atoms with E-state index >= 15 is 0 Å². The Morgan fingerprint density at radius 3 is 2.61 bits per heavy atom. The van der Waals surface area contributed by atoms with Crippen LogP contribution in [0.1, 0.15) is 44.9 Å². The van der Waals surface area contributed by atoms with E-state index in [2.05, 4.69) is 10.6 Å². The predicted octanol–water partition coefficient (Wildman–Crippen LogP) is 1.04. The molecular weight excluding hydrogens is 228 g/mol. The van der Waals surface area contributed by atoms with Gasteiger partial charge in [0, 0.05) is 25.0 Å². The molecule has 1 aliphatic heterocycles. The molecule has 0 bridgehead atoms. The molecule has 0 aromatic carbocycles. The van der Waals surface area contributed by atoms with E-state index in [1.165, 1.54) is 12.8 Å². The number of amides is 1. The standard InChI is InChI=1S/C14H26N2O2/c17-10-12-3-1-2-4-13(12)16-14(18)9-11-5-7-15-8-6-11/h11-13,15,17H,1-10H2,(H,16,18)/t12-,13+/m1/s1. The number of hydrogen-bond donors (Lipinski definition) is 3. The number of hydrogen-bond acceptors (Lipinski definition) is 3. The normalized spacial score (nSPS) is 30.1. The van der Waals surface area contributed by atoms with Gasteiger partial charge in [-0.1, -0.05) is 12.8 Å². The Morgan fingerprint density at radius 1 is 1.17 bits per heavy atom. The second-order valence-corrected chi connectivity index (χ2v) is 5.80. The number of carbonyl (C=O) groups excluding carboxylic acids is 1. The first-order valence-electron chi connectivity index (χ1n) is 7.40. The van der Waals surface area contributed by atoms with E-state index in [1.807, 2.05) is 0 Å². The quantitative estimate of drug-likeness (QED) is 0.702. The highest BCUT2D eigenvalue weighted by molar-refractivity contribution is 5.76. The maximum atomic E-state index is 12.0. The summed E-state index contributed by atoms with van der Waals surface area (Å²) >= 11 is 0. The fraction of sp³-hybridized carbons (Fsp3) is 0.929. The van der Waals surface area contributed by atoms with E-state index in [1.54, 1.807) is 0 Å². The Balaban J connectivity index is 1.75. The van der Waals surface area contributed by atoms with Crippen LogP contribution in [0.3, 0.4) is 0 Å². The molecule has 2 aliphatic rings. The van der Waals surface area contributed by atoms with E-state index in [0.29, 0.717) is 12.3 Å². The first-order chi connectivity index (χ1) is 8.79. The molecule has 1 amide bonds. The molecule has 0 radical (unpaired) electrons. The summed E-state index contributed by atoms with van der Waals surface area (Å²) < 4.78 is 0. The van der Waals surface area contributed by atoms with Crippen LogP contribution in [0.4, 0.5) is 0 Å². The minimum Gasteiger partial charge on any atom is -0.396 e. The summed E-state index contributed by atoms with van der Waals surface area (Å²) in [6.07, 6.45) is 7.33. The van der Waals surface area contributed by atoms with Crippen molar-refractivity contribution in [1.29, 1.82) is 0 Å². The smallest absolute Gasteiger partial charge is 0.220 e. The van der Waals surface area contributed by atoms with Crippen LogP contribution in [0.25, 0.3) is 0 Å². The minimum atomic E-state index is 0.187. The molecule has 3 N–H and O–H groups in total. The molecule has 0 aromatic rings. The minimum absolute atomic E-state index is 0.187. The lowest BCUT2D eigenvalue weighted by atomic mass is 9.84. The zero-order valence-corrected chi connectivity index (χ0v) is 11.2. The van der Waals surface area contributed by atoms with Crippen LogP contribution in [0.15, 0.2) is 0 Å². The summed E-state index contributed by atoms with van der Waals surface area (Å²) in [5.74, 6) is 1.00. The molecule has 1 aliphatic carbocycles. The zero-order valence-electron chi connectivity index (χ0n) is 11.2. The number of carbonyl (C=O) groups is 1. The highest BCUT2D eigenvalue weighted by Gasteiger charge is 2.26. The van der Waals surface area contributed by atoms with Crippen LogP contribution < -0.4 is 10.6 Å². The van der Waals surface area contributed by atoms with Gasteiger partial charge in [0.05, 0.1) is 0 Å². The van der Waals surface area contributed by atoms with Gasteiger partial charge in [-0.05, 0) is 44.7 Å². The third-order valence-electron chi connectivity index (χ3n) is 4.42. The fourth-order valence-corrected chi connectivity index (χ4v) is 3.23. The van der Waals surface area contributed by atoms with Crippen molar-refractivity contribution in [2.75, 3.05) is 19.7 Å². The lowest BCUT2D eigenvalue weighted by molar-refractivity contribution is -0.123. The number of aliphatic hydroxyl groups excluding tert-OH is 1. The second-order valence-electron chi connectivity index (χ2n) is 5.80. The van der Waals surface area contributed by atoms with Crippen molar-refractivity contribution < 1.29 is 9.90 Å². The SMILES string of the molecule is O=C(CC1CCNCC1)N[C@H]1CCCC[C@@H]1CO. The summed E-state index contributed by atoms with van der Waals surface area (Å²) in [7, 11) is 0. The monoisotopic (exact) mass is 254 g/mol. The molecule has 0 unspecified atom stereocenters. The van der Waals surface area contributed by atoms with Gasteiger partial charge in [-0.15, -0.1) is 0 Å². The van der Waals surface area contributed by atoms with Crippen LogP contribution in [0.2, 0.25) is 0 Å². The van der Waals surface area contributed by atoms with Gasteiger partial charge < -0.3 is 15.7 Å². The highest BCUT2D eigenvalue weighted by Crippen LogP contribution is 2.24. The molecule has 2 fully saturated rings. The lowest BCUT2D eigenvalue weighted by Crippen LogP contribution is -2.44. The van der Waals surface area contributed by atoms with Crippen molar-refractivity contribution in [2.24, 2.45) is 11.8 Å². The summed E-state index contributed by atoms with van der Waals surface area (Å²) in [6, 6.07) is 0.206. The molecular formula is C14H26N2O2. The molecule has 1 saturated carbocycles. The van der Waals surface area contributed by atoms with Gasteiger partial charge in [0.1, 0.15) is 0 Å². The van der Waals surface area contributed by atoms with E-state index in [4.69, 9.17) is 0 Å². The third-order valence-corrected chi connectivity index (χ3v) is 4.42. The molecule has 18 heavy (non-hydrogen) atoms. The first kappa shape index (κ1) is 13.8. The topological polar surface area (TPSA) is 61.4 Å². The number of rotatable bonds is 4. The maximum Gasteiger partial charge on any atom is 0.220 e. The number of aliphatic hydroxyl groups is 1. The van der Waals surface area contributed by atoms with Crippen LogP contribution in [-0.4, -0.2) is 36.8 Å². The largest absolute Gasteiger partial charge is 0.396 e. The third kappa shape index (κ3) is 3.95. The molecule has 1 heterocycles. The molecule has 2 rings (SSSR count). The molecule has 1 saturated heterocycles. The Hall–Kier alpha value is -0.610. The zero-order chi connectivity index (χ0) is 12.8. The highest BCUT2D eigenvalue weighted by atomic mass is 16.3. The Bertz CT molecular complexity index is 265. The van der Waals surface area contributed by atoms with Gasteiger partial charge in [-0.3, -0.25) is 4.79 Å². The van der Waals surface area contributed by atoms with E-state index in [-0.39, 0.29) is 24.5 Å². The summed E-state index contributed by atoms with van der Waals surface area (Å²) in [5, 5.41) is 15.8. The first-order valence-corrected chi connectivity index (χ1v) is 7.40. The van der Waals surface area contributed by atoms with Gasteiger partial charge in [-0.2, -0.15) is 0 Å². The van der Waals surface area contributed by atoms with Crippen molar-refractivity contribution in [3.63, 3.8) is 0 Å². The molecule has 4 nitrogen and oxygen atoms in total. The van der Waals surface area contributed by atoms with Crippen molar-refractivity contribution in [1.82, 2.24) is 10.6 Å². The second kappa shape index (κ2) is 7.10. The van der Waals surface area contributed by atoms with Gasteiger partial charge >= 0.3 is 0 Å². The van der Waals surface area contributed by atoms with Gasteiger partial charge in [0.2, 0.25) is 5.91 Å². The van der Waals surface area contributed by atoms with E-state index in [9.17, 15) is 9.90 Å². The van der Waals surface area contributed by atoms with Crippen molar-refractivity contribution in [3.05, 3.63) is 0 Å². The molecule has 4 heteroatoms. The van der Waals surface area contributed by atoms with Crippen LogP contribution in [-0.2, 0) is 4.79 Å². The summed E-state index contributed by atoms with van der Waals surface area (Å²) in [4.78, 5) is 12.0. The summed E-state index contributed by atoms with van der Waals surface area (Å²) in [6.45, 7) is 2.29. The van der Waals surface area contributed by atoms with Crippen molar-refractivity contribution in [2.45, 2.75) is 51.0 Å². The van der Waals surface area contributed by atoms with E-state index in [0.717, 1.165) is 38.8 Å². The fourth-order valence-electron chi connectivity index (χ4n) is 3.23.